The predicted octanol–water partition coefficient (Wildman–Crippen LogP) is 2.82. The Labute approximate surface area is 158 Å². The molecule has 0 aliphatic rings. The van der Waals surface area contributed by atoms with Gasteiger partial charge in [0, 0.05) is 19.2 Å². The van der Waals surface area contributed by atoms with Crippen LogP contribution in [0.15, 0.2) is 30.5 Å². The molecule has 0 fully saturated rings. The minimum Gasteiger partial charge on any atom is -0.463 e. The van der Waals surface area contributed by atoms with Crippen molar-refractivity contribution < 1.29 is 33.1 Å². The minimum absolute atomic E-state index is 0.0599. The normalized spacial score (nSPS) is 10.1. The maximum Gasteiger partial charge on any atom is 0.344 e. The van der Waals surface area contributed by atoms with Gasteiger partial charge in [0.05, 0.1) is 23.3 Å². The van der Waals surface area contributed by atoms with E-state index in [1.54, 1.807) is 6.92 Å². The second kappa shape index (κ2) is 9.26. The topological polar surface area (TPSA) is 130 Å². The molecular weight excluding hydrogens is 377 g/mol. The van der Waals surface area contributed by atoms with E-state index in [2.05, 4.69) is 10.3 Å². The summed E-state index contributed by atoms with van der Waals surface area (Å²) in [5, 5.41) is 13.4. The van der Waals surface area contributed by atoms with E-state index in [0.29, 0.717) is 6.07 Å². The molecule has 0 saturated carbocycles. The Morgan fingerprint density at radius 3 is 2.71 bits per heavy atom. The number of nitrogens with one attached hydrogen (secondary N) is 1. The zero-order valence-electron chi connectivity index (χ0n) is 14.9. The van der Waals surface area contributed by atoms with Gasteiger partial charge in [0.2, 0.25) is 11.7 Å². The monoisotopic (exact) mass is 393 g/mol. The van der Waals surface area contributed by atoms with Gasteiger partial charge in [-0.05, 0) is 19.1 Å². The number of benzene rings is 1. The van der Waals surface area contributed by atoms with Crippen molar-refractivity contribution in [2.24, 2.45) is 0 Å². The highest BCUT2D eigenvalue weighted by Crippen LogP contribution is 2.38. The van der Waals surface area contributed by atoms with Crippen LogP contribution in [0.2, 0.25) is 0 Å². The van der Waals surface area contributed by atoms with Crippen LogP contribution in [0, 0.1) is 15.9 Å². The molecule has 0 radical (unpaired) electrons. The van der Waals surface area contributed by atoms with E-state index < -0.39 is 34.9 Å². The van der Waals surface area contributed by atoms with Crippen LogP contribution in [0.1, 0.15) is 13.8 Å². The highest BCUT2D eigenvalue weighted by Gasteiger charge is 2.22. The van der Waals surface area contributed by atoms with Crippen LogP contribution in [0.25, 0.3) is 0 Å². The van der Waals surface area contributed by atoms with Crippen molar-refractivity contribution in [2.75, 3.05) is 18.5 Å². The summed E-state index contributed by atoms with van der Waals surface area (Å²) in [7, 11) is 0. The summed E-state index contributed by atoms with van der Waals surface area (Å²) < 4.78 is 29.4. The fourth-order valence-corrected chi connectivity index (χ4v) is 2.06. The number of nitrogens with zero attached hydrogens (tertiary/aromatic N) is 2. The molecule has 148 valence electrons. The van der Waals surface area contributed by atoms with E-state index in [9.17, 15) is 24.1 Å². The number of nitro benzene ring substituents is 1. The van der Waals surface area contributed by atoms with Gasteiger partial charge in [0.1, 0.15) is 0 Å². The Morgan fingerprint density at radius 2 is 2.07 bits per heavy atom. The van der Waals surface area contributed by atoms with Gasteiger partial charge in [-0.15, -0.1) is 0 Å². The lowest BCUT2D eigenvalue weighted by molar-refractivity contribution is -0.385. The van der Waals surface area contributed by atoms with Crippen molar-refractivity contribution in [3.8, 4) is 17.4 Å². The summed E-state index contributed by atoms with van der Waals surface area (Å²) >= 11 is 0. The smallest absolute Gasteiger partial charge is 0.344 e. The molecule has 10 nitrogen and oxygen atoms in total. The van der Waals surface area contributed by atoms with Crippen LogP contribution in [0.3, 0.4) is 0 Å². The van der Waals surface area contributed by atoms with Crippen molar-refractivity contribution in [2.45, 2.75) is 13.8 Å². The van der Waals surface area contributed by atoms with Crippen molar-refractivity contribution in [3.05, 3.63) is 46.4 Å². The average molecular weight is 393 g/mol. The van der Waals surface area contributed by atoms with Gasteiger partial charge in [0.15, 0.2) is 18.2 Å². The first-order valence-electron chi connectivity index (χ1n) is 7.98. The number of carbonyl (C=O) groups excluding carboxylic acids is 2. The van der Waals surface area contributed by atoms with Crippen molar-refractivity contribution in [1.82, 2.24) is 4.98 Å². The Bertz CT molecular complexity index is 904. The van der Waals surface area contributed by atoms with Crippen LogP contribution >= 0.6 is 0 Å². The summed E-state index contributed by atoms with van der Waals surface area (Å²) in [6.45, 7) is 2.50. The average Bonchev–Trinajstić information content (AvgIpc) is 2.63. The van der Waals surface area contributed by atoms with E-state index in [1.807, 2.05) is 0 Å². The molecule has 0 aliphatic heterocycles. The summed E-state index contributed by atoms with van der Waals surface area (Å²) in [5.74, 6) is -2.76. The van der Waals surface area contributed by atoms with Gasteiger partial charge in [-0.2, -0.15) is 0 Å². The van der Waals surface area contributed by atoms with E-state index in [0.717, 1.165) is 13.0 Å². The number of halogens is 1. The molecule has 2 aromatic rings. The molecule has 0 bridgehead atoms. The number of aromatic nitrogens is 1. The number of hydrogen-bond acceptors (Lipinski definition) is 8. The number of rotatable bonds is 8. The van der Waals surface area contributed by atoms with E-state index in [-0.39, 0.29) is 29.7 Å². The lowest BCUT2D eigenvalue weighted by atomic mass is 10.2. The first kappa shape index (κ1) is 20.6. The van der Waals surface area contributed by atoms with E-state index in [4.69, 9.17) is 14.2 Å². The number of pyridine rings is 1. The highest BCUT2D eigenvalue weighted by molar-refractivity contribution is 5.89. The molecule has 11 heteroatoms. The highest BCUT2D eigenvalue weighted by atomic mass is 19.1. The quantitative estimate of drug-likeness (QED) is 0.412. The Balaban J connectivity index is 2.35. The molecular formula is C17H16FN3O7. The zero-order valence-corrected chi connectivity index (χ0v) is 14.9. The largest absolute Gasteiger partial charge is 0.463 e. The van der Waals surface area contributed by atoms with E-state index >= 15 is 0 Å². The summed E-state index contributed by atoms with van der Waals surface area (Å²) in [6, 6.07) is 4.45. The maximum absolute atomic E-state index is 14.0. The third-order valence-corrected chi connectivity index (χ3v) is 3.14. The van der Waals surface area contributed by atoms with Crippen molar-refractivity contribution >= 4 is 23.3 Å². The number of carbonyl (C=O) groups is 2. The Morgan fingerprint density at radius 1 is 1.32 bits per heavy atom. The van der Waals surface area contributed by atoms with Crippen LogP contribution in [0.5, 0.6) is 17.4 Å². The number of ether oxygens (including phenoxy) is 3. The third-order valence-electron chi connectivity index (χ3n) is 3.14. The maximum atomic E-state index is 14.0. The first-order valence-corrected chi connectivity index (χ1v) is 7.98. The van der Waals surface area contributed by atoms with Gasteiger partial charge in [-0.1, -0.05) is 0 Å². The van der Waals surface area contributed by atoms with Crippen LogP contribution < -0.4 is 14.8 Å². The van der Waals surface area contributed by atoms with Crippen molar-refractivity contribution in [1.29, 1.82) is 0 Å². The zero-order chi connectivity index (χ0) is 20.7. The molecule has 1 aromatic carbocycles. The molecule has 0 saturated heterocycles. The second-order valence-corrected chi connectivity index (χ2v) is 5.24. The number of anilines is 1. The summed E-state index contributed by atoms with van der Waals surface area (Å²) in [6.07, 6.45) is 1.36. The lowest BCUT2D eigenvalue weighted by Crippen LogP contribution is -2.15. The molecule has 1 N–H and O–H groups in total. The summed E-state index contributed by atoms with van der Waals surface area (Å²) in [5.41, 5.74) is -0.974. The fourth-order valence-electron chi connectivity index (χ4n) is 2.06. The Hall–Kier alpha value is -3.76. The lowest BCUT2D eigenvalue weighted by Gasteiger charge is -2.12. The molecule has 2 rings (SSSR count). The first-order chi connectivity index (χ1) is 13.3. The van der Waals surface area contributed by atoms with Crippen molar-refractivity contribution in [3.63, 3.8) is 0 Å². The second-order valence-electron chi connectivity index (χ2n) is 5.24. The molecule has 0 unspecified atom stereocenters. The Kier molecular flexibility index (Phi) is 6.79. The summed E-state index contributed by atoms with van der Waals surface area (Å²) in [4.78, 5) is 36.9. The van der Waals surface area contributed by atoms with Gasteiger partial charge in [-0.25, -0.2) is 14.2 Å². The predicted molar refractivity (Wildman–Crippen MR) is 93.8 cm³/mol. The third kappa shape index (κ3) is 5.37. The number of amides is 1. The van der Waals surface area contributed by atoms with Crippen LogP contribution in [0.4, 0.5) is 15.8 Å². The molecule has 0 atom stereocenters. The molecule has 0 spiro atoms. The van der Waals surface area contributed by atoms with Gasteiger partial charge < -0.3 is 19.5 Å². The van der Waals surface area contributed by atoms with Crippen LogP contribution in [-0.2, 0) is 14.3 Å². The molecule has 1 heterocycles. The van der Waals surface area contributed by atoms with Gasteiger partial charge in [-0.3, -0.25) is 14.9 Å². The minimum atomic E-state index is -1.00. The SMILES string of the molecule is CCOC(=O)COc1ncccc1Oc1cc(NC(C)=O)c(F)cc1[N+](=O)[O-]. The number of hydrogen-bond donors (Lipinski definition) is 1. The van der Waals surface area contributed by atoms with Gasteiger partial charge >= 0.3 is 11.7 Å². The van der Waals surface area contributed by atoms with Gasteiger partial charge in [0.25, 0.3) is 5.88 Å². The molecule has 0 aliphatic carbocycles. The van der Waals surface area contributed by atoms with E-state index in [1.165, 1.54) is 18.3 Å². The standard InChI is InChI=1S/C17H16FN3O7/c1-3-26-16(23)9-27-17-14(5-4-6-19-17)28-15-8-12(20-10(2)22)11(18)7-13(15)21(24)25/h4-8H,3,9H2,1-2H3,(H,20,22). The molecule has 1 aromatic heterocycles. The fraction of sp³-hybridized carbons (Fsp3) is 0.235. The number of nitro groups is 1. The number of esters is 1. The van der Waals surface area contributed by atoms with Crippen LogP contribution in [-0.4, -0.2) is 35.0 Å². The molecule has 1 amide bonds. The molecule has 28 heavy (non-hydrogen) atoms.